The fourth-order valence-corrected chi connectivity index (χ4v) is 2.52. The number of aliphatic imine (C=N–C) groups is 1. The number of benzene rings is 1. The van der Waals surface area contributed by atoms with Crippen molar-refractivity contribution in [3.8, 4) is 0 Å². The smallest absolute Gasteiger partial charge is 0.191 e. The minimum atomic E-state index is 0. The Bertz CT molecular complexity index is 484. The van der Waals surface area contributed by atoms with Crippen LogP contribution in [0.5, 0.6) is 0 Å². The van der Waals surface area contributed by atoms with E-state index >= 15 is 0 Å². The number of halogens is 2. The van der Waals surface area contributed by atoms with Crippen LogP contribution in [-0.4, -0.2) is 25.1 Å². The molecule has 1 aliphatic rings. The monoisotopic (exact) mass is 421 g/mol. The molecule has 0 amide bonds. The third kappa shape index (κ3) is 5.33. The molecule has 0 aliphatic heterocycles. The molecule has 3 nitrogen and oxygen atoms in total. The van der Waals surface area contributed by atoms with Crippen molar-refractivity contribution in [2.24, 2.45) is 4.99 Å². The molecule has 0 spiro atoms. The zero-order valence-corrected chi connectivity index (χ0v) is 16.0. The minimum Gasteiger partial charge on any atom is -0.357 e. The molecule has 0 heterocycles. The Morgan fingerprint density at radius 3 is 2.62 bits per heavy atom. The highest BCUT2D eigenvalue weighted by Crippen LogP contribution is 2.48. The zero-order chi connectivity index (χ0) is 14.6. The van der Waals surface area contributed by atoms with Crippen molar-refractivity contribution in [1.29, 1.82) is 0 Å². The summed E-state index contributed by atoms with van der Waals surface area (Å²) >= 11 is 6.10. The molecule has 0 aromatic heterocycles. The van der Waals surface area contributed by atoms with Crippen molar-refractivity contribution in [2.75, 3.05) is 13.1 Å². The van der Waals surface area contributed by atoms with Gasteiger partial charge in [-0.15, -0.1) is 24.0 Å². The summed E-state index contributed by atoms with van der Waals surface area (Å²) in [5.74, 6) is 0.899. The Hall–Kier alpha value is -0.490. The maximum atomic E-state index is 6.10. The topological polar surface area (TPSA) is 36.4 Å². The third-order valence-corrected chi connectivity index (χ3v) is 3.84. The van der Waals surface area contributed by atoms with Crippen LogP contribution >= 0.6 is 35.6 Å². The van der Waals surface area contributed by atoms with E-state index in [-0.39, 0.29) is 29.4 Å². The van der Waals surface area contributed by atoms with Crippen LogP contribution in [0, 0.1) is 0 Å². The van der Waals surface area contributed by atoms with Crippen molar-refractivity contribution >= 4 is 41.5 Å². The molecule has 1 saturated carbocycles. The average Bonchev–Trinajstić information content (AvgIpc) is 3.17. The first kappa shape index (κ1) is 18.6. The number of guanidine groups is 1. The van der Waals surface area contributed by atoms with E-state index in [1.54, 1.807) is 0 Å². The van der Waals surface area contributed by atoms with Gasteiger partial charge in [-0.1, -0.05) is 23.7 Å². The molecule has 0 saturated heterocycles. The molecule has 21 heavy (non-hydrogen) atoms. The van der Waals surface area contributed by atoms with E-state index in [0.29, 0.717) is 6.04 Å². The van der Waals surface area contributed by atoms with Gasteiger partial charge in [0.25, 0.3) is 0 Å². The van der Waals surface area contributed by atoms with E-state index in [9.17, 15) is 0 Å². The second-order valence-electron chi connectivity index (χ2n) is 5.78. The molecule has 0 unspecified atom stereocenters. The molecule has 118 valence electrons. The molecule has 2 rings (SSSR count). The highest BCUT2D eigenvalue weighted by Gasteiger charge is 2.44. The van der Waals surface area contributed by atoms with Crippen molar-refractivity contribution < 1.29 is 0 Å². The van der Waals surface area contributed by atoms with Crippen LogP contribution in [0.25, 0.3) is 0 Å². The molecule has 0 radical (unpaired) electrons. The first-order valence-corrected chi connectivity index (χ1v) is 7.74. The van der Waals surface area contributed by atoms with E-state index in [2.05, 4.69) is 43.5 Å². The second-order valence-corrected chi connectivity index (χ2v) is 6.22. The second kappa shape index (κ2) is 8.22. The molecular formula is C16H25ClIN3. The Balaban J connectivity index is 0.00000220. The van der Waals surface area contributed by atoms with Gasteiger partial charge in [0.2, 0.25) is 0 Å². The average molecular weight is 422 g/mol. The lowest BCUT2D eigenvalue weighted by atomic mass is 9.96. The predicted molar refractivity (Wildman–Crippen MR) is 102 cm³/mol. The standard InChI is InChI=1S/C16H24ClN3.HI/c1-4-18-15(20-12(2)3)19-11-16(8-9-16)13-6-5-7-14(17)10-13;/h5-7,10,12H,4,8-9,11H2,1-3H3,(H2,18,19,20);1H. The van der Waals surface area contributed by atoms with Crippen LogP contribution < -0.4 is 10.6 Å². The molecule has 1 aromatic carbocycles. The summed E-state index contributed by atoms with van der Waals surface area (Å²) in [4.78, 5) is 4.75. The molecule has 0 atom stereocenters. The van der Waals surface area contributed by atoms with Crippen molar-refractivity contribution in [2.45, 2.75) is 45.1 Å². The lowest BCUT2D eigenvalue weighted by Crippen LogP contribution is -2.41. The molecule has 1 aliphatic carbocycles. The van der Waals surface area contributed by atoms with Gasteiger partial charge in [0, 0.05) is 23.0 Å². The fraction of sp³-hybridized carbons (Fsp3) is 0.562. The lowest BCUT2D eigenvalue weighted by molar-refractivity contribution is 0.670. The molecular weight excluding hydrogens is 397 g/mol. The van der Waals surface area contributed by atoms with Crippen LogP contribution in [0.15, 0.2) is 29.3 Å². The van der Waals surface area contributed by atoms with Gasteiger partial charge in [-0.25, -0.2) is 0 Å². The highest BCUT2D eigenvalue weighted by molar-refractivity contribution is 14.0. The third-order valence-electron chi connectivity index (χ3n) is 3.60. The Kier molecular flexibility index (Phi) is 7.27. The summed E-state index contributed by atoms with van der Waals surface area (Å²) in [6.07, 6.45) is 2.38. The van der Waals surface area contributed by atoms with E-state index in [1.807, 2.05) is 12.1 Å². The van der Waals surface area contributed by atoms with Crippen LogP contribution in [0.1, 0.15) is 39.2 Å². The van der Waals surface area contributed by atoms with Gasteiger partial charge < -0.3 is 10.6 Å². The van der Waals surface area contributed by atoms with E-state index in [4.69, 9.17) is 16.6 Å². The quantitative estimate of drug-likeness (QED) is 0.429. The Morgan fingerprint density at radius 1 is 1.38 bits per heavy atom. The van der Waals surface area contributed by atoms with Gasteiger partial charge in [0.1, 0.15) is 0 Å². The molecule has 5 heteroatoms. The molecule has 0 bridgehead atoms. The summed E-state index contributed by atoms with van der Waals surface area (Å²) in [7, 11) is 0. The van der Waals surface area contributed by atoms with E-state index in [1.165, 1.54) is 18.4 Å². The first-order valence-electron chi connectivity index (χ1n) is 7.36. The number of rotatable bonds is 5. The SMILES string of the molecule is CCNC(=NCC1(c2cccc(Cl)c2)CC1)NC(C)C.I. The van der Waals surface area contributed by atoms with Crippen LogP contribution in [0.4, 0.5) is 0 Å². The molecule has 1 aromatic rings. The Labute approximate surface area is 150 Å². The zero-order valence-electron chi connectivity index (χ0n) is 12.9. The summed E-state index contributed by atoms with van der Waals surface area (Å²) in [6.45, 7) is 8.02. The summed E-state index contributed by atoms with van der Waals surface area (Å²) < 4.78 is 0. The predicted octanol–water partition coefficient (Wildman–Crippen LogP) is 3.95. The fourth-order valence-electron chi connectivity index (χ4n) is 2.33. The normalized spacial score (nSPS) is 16.3. The first-order chi connectivity index (χ1) is 9.55. The lowest BCUT2D eigenvalue weighted by Gasteiger charge is -2.17. The number of hydrogen-bond acceptors (Lipinski definition) is 1. The van der Waals surface area contributed by atoms with Gasteiger partial charge in [-0.05, 0) is 51.3 Å². The van der Waals surface area contributed by atoms with Gasteiger partial charge in [-0.2, -0.15) is 0 Å². The van der Waals surface area contributed by atoms with Gasteiger partial charge in [-0.3, -0.25) is 4.99 Å². The van der Waals surface area contributed by atoms with Crippen molar-refractivity contribution in [3.05, 3.63) is 34.9 Å². The summed E-state index contributed by atoms with van der Waals surface area (Å²) in [5.41, 5.74) is 1.51. The minimum absolute atomic E-state index is 0. The number of nitrogens with one attached hydrogen (secondary N) is 2. The maximum Gasteiger partial charge on any atom is 0.191 e. The largest absolute Gasteiger partial charge is 0.357 e. The highest BCUT2D eigenvalue weighted by atomic mass is 127. The summed E-state index contributed by atoms with van der Waals surface area (Å²) in [5, 5.41) is 7.46. The Morgan fingerprint density at radius 2 is 2.10 bits per heavy atom. The van der Waals surface area contributed by atoms with Gasteiger partial charge >= 0.3 is 0 Å². The van der Waals surface area contributed by atoms with Crippen LogP contribution in [-0.2, 0) is 5.41 Å². The van der Waals surface area contributed by atoms with Crippen molar-refractivity contribution in [1.82, 2.24) is 10.6 Å². The van der Waals surface area contributed by atoms with Crippen LogP contribution in [0.3, 0.4) is 0 Å². The summed E-state index contributed by atoms with van der Waals surface area (Å²) in [6, 6.07) is 8.58. The van der Waals surface area contributed by atoms with Crippen molar-refractivity contribution in [3.63, 3.8) is 0 Å². The molecule has 1 fully saturated rings. The van der Waals surface area contributed by atoms with E-state index < -0.39 is 0 Å². The maximum absolute atomic E-state index is 6.10. The van der Waals surface area contributed by atoms with Gasteiger partial charge in [0.05, 0.1) is 6.54 Å². The van der Waals surface area contributed by atoms with Crippen LogP contribution in [0.2, 0.25) is 5.02 Å². The number of nitrogens with zero attached hydrogens (tertiary/aromatic N) is 1. The van der Waals surface area contributed by atoms with E-state index in [0.717, 1.165) is 24.1 Å². The number of hydrogen-bond donors (Lipinski definition) is 2. The molecule has 2 N–H and O–H groups in total. The van der Waals surface area contributed by atoms with Gasteiger partial charge in [0.15, 0.2) is 5.96 Å².